The molecule has 0 aliphatic carbocycles. The number of hydrogen-bond donors (Lipinski definition) is 1. The van der Waals surface area contributed by atoms with E-state index < -0.39 is 0 Å². The summed E-state index contributed by atoms with van der Waals surface area (Å²) in [5, 5.41) is 6.44. The normalized spacial score (nSPS) is 9.27. The van der Waals surface area contributed by atoms with E-state index in [4.69, 9.17) is 4.84 Å². The molecule has 0 saturated carbocycles. The van der Waals surface area contributed by atoms with Crippen molar-refractivity contribution in [1.29, 1.82) is 0 Å². The highest BCUT2D eigenvalue weighted by Gasteiger charge is 2.01. The lowest BCUT2D eigenvalue weighted by atomic mass is 10.2. The maximum Gasteiger partial charge on any atom is 0.220 e. The maximum absolute atomic E-state index is 11.2. The van der Waals surface area contributed by atoms with Crippen LogP contribution < -0.4 is 5.32 Å². The predicted molar refractivity (Wildman–Crippen MR) is 63.7 cm³/mol. The quantitative estimate of drug-likeness (QED) is 0.402. The summed E-state index contributed by atoms with van der Waals surface area (Å²) in [4.78, 5) is 16.1. The number of hydrogen-bond acceptors (Lipinski definition) is 3. The summed E-state index contributed by atoms with van der Waals surface area (Å²) in [6, 6.07) is 0. The number of rotatable bonds is 7. The van der Waals surface area contributed by atoms with Gasteiger partial charge in [-0.1, -0.05) is 25.1 Å². The molecule has 0 heterocycles. The number of unbranched alkanes of at least 4 members (excludes halogenated alkanes) is 1. The molecule has 0 aliphatic rings. The lowest BCUT2D eigenvalue weighted by molar-refractivity contribution is -0.121. The van der Waals surface area contributed by atoms with Gasteiger partial charge < -0.3 is 10.2 Å². The van der Waals surface area contributed by atoms with Crippen LogP contribution in [0.2, 0.25) is 0 Å². The lowest BCUT2D eigenvalue weighted by Crippen LogP contribution is -2.25. The van der Waals surface area contributed by atoms with Crippen LogP contribution in [0.5, 0.6) is 0 Å². The van der Waals surface area contributed by atoms with E-state index in [2.05, 4.69) is 17.1 Å². The Hall–Kier alpha value is -1.32. The van der Waals surface area contributed by atoms with E-state index >= 15 is 0 Å². The van der Waals surface area contributed by atoms with Crippen molar-refractivity contribution in [1.82, 2.24) is 5.32 Å². The van der Waals surface area contributed by atoms with Gasteiger partial charge in [-0.25, -0.2) is 0 Å². The van der Waals surface area contributed by atoms with Gasteiger partial charge in [-0.3, -0.25) is 4.79 Å². The van der Waals surface area contributed by atoms with Gasteiger partial charge in [0.1, 0.15) is 5.76 Å². The third-order valence-corrected chi connectivity index (χ3v) is 1.60. The third kappa shape index (κ3) is 9.00. The molecular weight excluding hydrogens is 192 g/mol. The molecule has 0 atom stereocenters. The number of nitrogens with one attached hydrogen (secondary N) is 1. The molecule has 0 bridgehead atoms. The fraction of sp³-hybridized carbons (Fsp3) is 0.636. The van der Waals surface area contributed by atoms with Gasteiger partial charge in [0.05, 0.1) is 12.3 Å². The van der Waals surface area contributed by atoms with Gasteiger partial charge in [0.15, 0.2) is 0 Å². The van der Waals surface area contributed by atoms with Gasteiger partial charge in [0.25, 0.3) is 0 Å². The molecule has 1 N–H and O–H groups in total. The Morgan fingerprint density at radius 1 is 1.53 bits per heavy atom. The number of amides is 1. The van der Waals surface area contributed by atoms with Crippen molar-refractivity contribution in [3.8, 4) is 0 Å². The molecule has 0 saturated heterocycles. The van der Waals surface area contributed by atoms with Gasteiger partial charge in [0, 0.05) is 7.85 Å². The molecule has 88 valence electrons. The molecule has 0 rings (SSSR count). The first-order valence-electron chi connectivity index (χ1n) is 5.19. The van der Waals surface area contributed by atoms with Crippen molar-refractivity contribution in [3.63, 3.8) is 0 Å². The van der Waals surface area contributed by atoms with E-state index in [0.29, 0.717) is 18.7 Å². The van der Waals surface area contributed by atoms with Crippen LogP contribution in [0.15, 0.2) is 17.5 Å². The minimum absolute atomic E-state index is 0. The van der Waals surface area contributed by atoms with Gasteiger partial charge in [-0.15, -0.1) is 0 Å². The molecule has 0 aromatic rings. The maximum atomic E-state index is 11.2. The zero-order valence-electron chi connectivity index (χ0n) is 9.80. The van der Waals surface area contributed by atoms with Crippen molar-refractivity contribution in [2.75, 3.05) is 6.54 Å². The van der Waals surface area contributed by atoms with Crippen LogP contribution in [0.4, 0.5) is 0 Å². The summed E-state index contributed by atoms with van der Waals surface area (Å²) in [7, 11) is 0. The van der Waals surface area contributed by atoms with Gasteiger partial charge >= 0.3 is 0 Å². The molecule has 0 spiro atoms. The van der Waals surface area contributed by atoms with E-state index in [1.165, 1.54) is 0 Å². The largest absolute Gasteiger partial charge is 0.360 e. The van der Waals surface area contributed by atoms with Gasteiger partial charge in [0.2, 0.25) is 5.91 Å². The number of carbonyl (C=O) groups is 1. The second-order valence-corrected chi connectivity index (χ2v) is 3.55. The number of oxime groups is 1. The minimum atomic E-state index is 0. The molecule has 0 radical (unpaired) electrons. The fourth-order valence-corrected chi connectivity index (χ4v) is 0.811. The molecule has 0 aliphatic heterocycles. The van der Waals surface area contributed by atoms with Crippen molar-refractivity contribution < 1.29 is 11.1 Å². The molecule has 15 heavy (non-hydrogen) atoms. The highest BCUT2D eigenvalue weighted by atomic mass is 16.6. The Morgan fingerprint density at radius 3 is 2.73 bits per heavy atom. The zero-order valence-corrected chi connectivity index (χ0v) is 9.80. The Bertz CT molecular complexity index is 248. The van der Waals surface area contributed by atoms with Crippen LogP contribution in [0.3, 0.4) is 0 Å². The highest BCUT2D eigenvalue weighted by molar-refractivity contribution is 5.78. The lowest BCUT2D eigenvalue weighted by Gasteiger charge is -2.05. The molecule has 4 nitrogen and oxygen atoms in total. The number of carbonyl (C=O) groups excluding carboxylic acids is 1. The minimum Gasteiger partial charge on any atom is -0.360 e. The van der Waals surface area contributed by atoms with Crippen LogP contribution in [0.25, 0.3) is 0 Å². The molecule has 0 aromatic carbocycles. The summed E-state index contributed by atoms with van der Waals surface area (Å²) < 4.78 is 0. The first-order chi connectivity index (χ1) is 7.06. The topological polar surface area (TPSA) is 50.7 Å². The standard InChI is InChI=1S/C11H20N2O2.H2/c1-5-6-7-11(14)12-8-10(4)15-13-9(2)3;/h4-8H2,1-3H3,(H,12,14);1H. The first-order valence-corrected chi connectivity index (χ1v) is 5.19. The zero-order chi connectivity index (χ0) is 11.7. The summed E-state index contributed by atoms with van der Waals surface area (Å²) in [5.74, 6) is 0.472. The molecule has 0 unspecified atom stereocenters. The van der Waals surface area contributed by atoms with Crippen molar-refractivity contribution >= 4 is 11.6 Å². The SMILES string of the molecule is C=C(CNC(=O)CCCC)ON=C(C)C.[HH]. The van der Waals surface area contributed by atoms with Crippen LogP contribution in [0, 0.1) is 0 Å². The van der Waals surface area contributed by atoms with E-state index in [1.807, 2.05) is 20.8 Å². The van der Waals surface area contributed by atoms with Crippen molar-refractivity contribution in [3.05, 3.63) is 12.3 Å². The molecule has 0 aromatic heterocycles. The second kappa shape index (κ2) is 8.03. The first kappa shape index (κ1) is 13.7. The molecule has 0 fully saturated rings. The fourth-order valence-electron chi connectivity index (χ4n) is 0.811. The average molecular weight is 214 g/mol. The Morgan fingerprint density at radius 2 is 2.20 bits per heavy atom. The third-order valence-electron chi connectivity index (χ3n) is 1.60. The average Bonchev–Trinajstić information content (AvgIpc) is 2.20. The summed E-state index contributed by atoms with van der Waals surface area (Å²) in [6.07, 6.45) is 2.48. The monoisotopic (exact) mass is 214 g/mol. The van der Waals surface area contributed by atoms with Crippen molar-refractivity contribution in [2.45, 2.75) is 40.0 Å². The van der Waals surface area contributed by atoms with Crippen LogP contribution in [-0.4, -0.2) is 18.2 Å². The van der Waals surface area contributed by atoms with E-state index in [1.54, 1.807) is 0 Å². The van der Waals surface area contributed by atoms with Crippen molar-refractivity contribution in [2.24, 2.45) is 5.16 Å². The number of nitrogens with zero attached hydrogens (tertiary/aromatic N) is 1. The Kier molecular flexibility index (Phi) is 7.32. The molecule has 4 heteroatoms. The van der Waals surface area contributed by atoms with E-state index in [9.17, 15) is 4.79 Å². The summed E-state index contributed by atoms with van der Waals surface area (Å²) in [5.41, 5.74) is 0.813. The molecule has 1 amide bonds. The second-order valence-electron chi connectivity index (χ2n) is 3.55. The van der Waals surface area contributed by atoms with Crippen LogP contribution >= 0.6 is 0 Å². The summed E-state index contributed by atoms with van der Waals surface area (Å²) in [6.45, 7) is 9.66. The predicted octanol–water partition coefficient (Wildman–Crippen LogP) is 2.46. The highest BCUT2D eigenvalue weighted by Crippen LogP contribution is 1.96. The van der Waals surface area contributed by atoms with Gasteiger partial charge in [-0.2, -0.15) is 0 Å². The van der Waals surface area contributed by atoms with Crippen LogP contribution in [-0.2, 0) is 9.63 Å². The smallest absolute Gasteiger partial charge is 0.220 e. The summed E-state index contributed by atoms with van der Waals surface area (Å²) >= 11 is 0. The van der Waals surface area contributed by atoms with Crippen LogP contribution in [0.1, 0.15) is 41.5 Å². The van der Waals surface area contributed by atoms with E-state index in [0.717, 1.165) is 18.6 Å². The van der Waals surface area contributed by atoms with Gasteiger partial charge in [-0.05, 0) is 20.3 Å². The Labute approximate surface area is 92.9 Å². The van der Waals surface area contributed by atoms with E-state index in [-0.39, 0.29) is 7.33 Å². The Balaban J connectivity index is 0. The molecular formula is C11H22N2O2.